The van der Waals surface area contributed by atoms with E-state index in [2.05, 4.69) is 5.32 Å². The fourth-order valence-corrected chi connectivity index (χ4v) is 4.51. The minimum atomic E-state index is -4.11. The lowest BCUT2D eigenvalue weighted by Crippen LogP contribution is -2.40. The van der Waals surface area contributed by atoms with Gasteiger partial charge in [0.2, 0.25) is 5.91 Å². The van der Waals surface area contributed by atoms with Crippen molar-refractivity contribution in [1.29, 1.82) is 0 Å². The number of halogens is 2. The van der Waals surface area contributed by atoms with Crippen LogP contribution in [0.4, 0.5) is 10.1 Å². The molecule has 31 heavy (non-hydrogen) atoms. The highest BCUT2D eigenvalue weighted by molar-refractivity contribution is 7.92. The zero-order chi connectivity index (χ0) is 22.4. The molecule has 3 aromatic carbocycles. The summed E-state index contributed by atoms with van der Waals surface area (Å²) in [7, 11) is -2.59. The first kappa shape index (κ1) is 22.6. The molecular formula is C22H20ClFN2O4S. The molecule has 0 atom stereocenters. The van der Waals surface area contributed by atoms with Gasteiger partial charge < -0.3 is 10.1 Å². The third-order valence-electron chi connectivity index (χ3n) is 4.48. The molecule has 1 amide bonds. The Morgan fingerprint density at radius 3 is 2.42 bits per heavy atom. The number of ether oxygens (including phenoxy) is 1. The van der Waals surface area contributed by atoms with Crippen molar-refractivity contribution in [2.75, 3.05) is 18.0 Å². The maximum absolute atomic E-state index is 13.6. The van der Waals surface area contributed by atoms with E-state index < -0.39 is 28.3 Å². The maximum atomic E-state index is 13.6. The van der Waals surface area contributed by atoms with Crippen molar-refractivity contribution in [2.45, 2.75) is 11.4 Å². The number of nitrogens with one attached hydrogen (secondary N) is 1. The molecule has 0 aliphatic heterocycles. The van der Waals surface area contributed by atoms with Gasteiger partial charge in [0.05, 0.1) is 22.7 Å². The van der Waals surface area contributed by atoms with Crippen molar-refractivity contribution in [1.82, 2.24) is 5.32 Å². The Morgan fingerprint density at radius 1 is 1.06 bits per heavy atom. The van der Waals surface area contributed by atoms with Gasteiger partial charge in [-0.25, -0.2) is 12.8 Å². The number of para-hydroxylation sites is 1. The maximum Gasteiger partial charge on any atom is 0.264 e. The van der Waals surface area contributed by atoms with Crippen LogP contribution in [0.3, 0.4) is 0 Å². The van der Waals surface area contributed by atoms with Gasteiger partial charge in [-0.1, -0.05) is 48.0 Å². The van der Waals surface area contributed by atoms with Crippen LogP contribution in [0.1, 0.15) is 5.56 Å². The van der Waals surface area contributed by atoms with Crippen molar-refractivity contribution in [3.05, 3.63) is 89.2 Å². The summed E-state index contributed by atoms with van der Waals surface area (Å²) in [5.41, 5.74) is 0.809. The molecule has 3 rings (SSSR count). The second kappa shape index (κ2) is 9.80. The van der Waals surface area contributed by atoms with Crippen LogP contribution in [-0.2, 0) is 21.4 Å². The fourth-order valence-electron chi connectivity index (χ4n) is 2.90. The third-order valence-corrected chi connectivity index (χ3v) is 6.56. The predicted molar refractivity (Wildman–Crippen MR) is 117 cm³/mol. The summed E-state index contributed by atoms with van der Waals surface area (Å²) in [6, 6.07) is 18.3. The molecule has 9 heteroatoms. The molecule has 0 saturated heterocycles. The van der Waals surface area contributed by atoms with E-state index in [0.29, 0.717) is 5.75 Å². The molecule has 0 heterocycles. The topological polar surface area (TPSA) is 75.7 Å². The van der Waals surface area contributed by atoms with E-state index in [9.17, 15) is 17.6 Å². The molecular weight excluding hydrogens is 443 g/mol. The number of carbonyl (C=O) groups excluding carboxylic acids is 1. The molecule has 0 aromatic heterocycles. The Kier molecular flexibility index (Phi) is 7.14. The van der Waals surface area contributed by atoms with Gasteiger partial charge in [0.15, 0.2) is 0 Å². The lowest BCUT2D eigenvalue weighted by molar-refractivity contribution is -0.119. The number of methoxy groups -OCH3 is 1. The molecule has 6 nitrogen and oxygen atoms in total. The number of rotatable bonds is 8. The summed E-state index contributed by atoms with van der Waals surface area (Å²) in [5.74, 6) is -0.643. The molecule has 0 bridgehead atoms. The molecule has 0 radical (unpaired) electrons. The van der Waals surface area contributed by atoms with E-state index in [4.69, 9.17) is 16.3 Å². The summed E-state index contributed by atoms with van der Waals surface area (Å²) >= 11 is 5.85. The number of sulfonamides is 1. The van der Waals surface area contributed by atoms with Crippen LogP contribution in [0.15, 0.2) is 77.7 Å². The van der Waals surface area contributed by atoms with Crippen LogP contribution in [0.5, 0.6) is 5.75 Å². The van der Waals surface area contributed by atoms with Crippen molar-refractivity contribution in [3.8, 4) is 5.75 Å². The van der Waals surface area contributed by atoms with Gasteiger partial charge in [0.25, 0.3) is 10.0 Å². The zero-order valence-electron chi connectivity index (χ0n) is 16.6. The minimum absolute atomic E-state index is 0.00650. The molecule has 0 fully saturated rings. The van der Waals surface area contributed by atoms with Gasteiger partial charge in [0, 0.05) is 12.1 Å². The van der Waals surface area contributed by atoms with Crippen molar-refractivity contribution in [2.24, 2.45) is 0 Å². The molecule has 0 aliphatic carbocycles. The number of hydrogen-bond donors (Lipinski definition) is 1. The molecule has 1 N–H and O–H groups in total. The molecule has 162 valence electrons. The Balaban J connectivity index is 1.88. The average molecular weight is 463 g/mol. The highest BCUT2D eigenvalue weighted by Gasteiger charge is 2.27. The van der Waals surface area contributed by atoms with Crippen molar-refractivity contribution < 1.29 is 22.3 Å². The number of carbonyl (C=O) groups is 1. The largest absolute Gasteiger partial charge is 0.496 e. The first-order valence-corrected chi connectivity index (χ1v) is 11.1. The normalized spacial score (nSPS) is 11.1. The van der Waals surface area contributed by atoms with Gasteiger partial charge in [-0.15, -0.1) is 0 Å². The summed E-state index contributed by atoms with van der Waals surface area (Å²) in [4.78, 5) is 12.7. The summed E-state index contributed by atoms with van der Waals surface area (Å²) in [6.07, 6.45) is 0. The van der Waals surface area contributed by atoms with E-state index in [1.165, 1.54) is 31.4 Å². The lowest BCUT2D eigenvalue weighted by Gasteiger charge is -2.24. The van der Waals surface area contributed by atoms with Gasteiger partial charge in [-0.2, -0.15) is 0 Å². The molecule has 0 spiro atoms. The van der Waals surface area contributed by atoms with Crippen molar-refractivity contribution >= 4 is 33.2 Å². The summed E-state index contributed by atoms with van der Waals surface area (Å²) in [6.45, 7) is -0.374. The number of hydrogen-bond acceptors (Lipinski definition) is 4. The van der Waals surface area contributed by atoms with Gasteiger partial charge in [-0.3, -0.25) is 9.10 Å². The lowest BCUT2D eigenvalue weighted by atomic mass is 10.2. The van der Waals surface area contributed by atoms with Crippen LogP contribution in [0, 0.1) is 5.82 Å². The second-order valence-corrected chi connectivity index (χ2v) is 8.78. The highest BCUT2D eigenvalue weighted by Crippen LogP contribution is 2.27. The first-order chi connectivity index (χ1) is 14.8. The zero-order valence-corrected chi connectivity index (χ0v) is 18.2. The number of amides is 1. The van der Waals surface area contributed by atoms with Gasteiger partial charge in [0.1, 0.15) is 18.1 Å². The smallest absolute Gasteiger partial charge is 0.264 e. The average Bonchev–Trinajstić information content (AvgIpc) is 2.78. The summed E-state index contributed by atoms with van der Waals surface area (Å²) in [5, 5.41) is 2.44. The van der Waals surface area contributed by atoms with Gasteiger partial charge in [-0.05, 0) is 36.4 Å². The number of benzene rings is 3. The quantitative estimate of drug-likeness (QED) is 0.549. The van der Waals surface area contributed by atoms with Crippen LogP contribution >= 0.6 is 11.6 Å². The van der Waals surface area contributed by atoms with Crippen LogP contribution in [-0.4, -0.2) is 28.0 Å². The Bertz CT molecular complexity index is 1170. The Morgan fingerprint density at radius 2 is 1.74 bits per heavy atom. The molecule has 3 aromatic rings. The van der Waals surface area contributed by atoms with E-state index in [-0.39, 0.29) is 22.2 Å². The first-order valence-electron chi connectivity index (χ1n) is 9.24. The molecule has 0 saturated carbocycles. The highest BCUT2D eigenvalue weighted by atomic mass is 35.5. The predicted octanol–water partition coefficient (Wildman–Crippen LogP) is 4.00. The minimum Gasteiger partial charge on any atom is -0.496 e. The van der Waals surface area contributed by atoms with Crippen LogP contribution in [0.2, 0.25) is 5.02 Å². The number of nitrogens with zero attached hydrogens (tertiary/aromatic N) is 1. The number of anilines is 1. The SMILES string of the molecule is COc1ccccc1CNC(=O)CN(c1ccc(F)c(Cl)c1)S(=O)(=O)c1ccccc1. The van der Waals surface area contributed by atoms with Crippen molar-refractivity contribution in [3.63, 3.8) is 0 Å². The van der Waals surface area contributed by atoms with E-state index >= 15 is 0 Å². The van der Waals surface area contributed by atoms with E-state index in [1.807, 2.05) is 0 Å². The Hall–Kier alpha value is -3.10. The van der Waals surface area contributed by atoms with Crippen LogP contribution < -0.4 is 14.4 Å². The monoisotopic (exact) mass is 462 g/mol. The van der Waals surface area contributed by atoms with E-state index in [1.54, 1.807) is 42.5 Å². The molecule has 0 unspecified atom stereocenters. The fraction of sp³-hybridized carbons (Fsp3) is 0.136. The summed E-state index contributed by atoms with van der Waals surface area (Å²) < 4.78 is 46.2. The standard InChI is InChI=1S/C22H20ClFN2O4S/c1-30-21-10-6-5-7-16(21)14-25-22(27)15-26(17-11-12-20(24)19(23)13-17)31(28,29)18-8-3-2-4-9-18/h2-13H,14-15H2,1H3,(H,25,27). The van der Waals surface area contributed by atoms with E-state index in [0.717, 1.165) is 15.9 Å². The molecule has 0 aliphatic rings. The second-order valence-electron chi connectivity index (χ2n) is 6.51. The van der Waals surface area contributed by atoms with Gasteiger partial charge >= 0.3 is 0 Å². The van der Waals surface area contributed by atoms with Crippen LogP contribution in [0.25, 0.3) is 0 Å². The third kappa shape index (κ3) is 5.34. The Labute approximate surface area is 185 Å².